The number of hydrogen-bond donors (Lipinski definition) is 3. The zero-order valence-corrected chi connectivity index (χ0v) is 17.3. The van der Waals surface area contributed by atoms with Gasteiger partial charge < -0.3 is 10.6 Å². The van der Waals surface area contributed by atoms with Crippen LogP contribution in [0.1, 0.15) is 21.5 Å². The van der Waals surface area contributed by atoms with E-state index in [1.54, 1.807) is 42.5 Å². The molecule has 3 aromatic carbocycles. The lowest BCUT2D eigenvalue weighted by Crippen LogP contribution is -2.33. The van der Waals surface area contributed by atoms with Gasteiger partial charge in [0.1, 0.15) is 5.82 Å². The summed E-state index contributed by atoms with van der Waals surface area (Å²) in [5, 5.41) is 8.32. The third kappa shape index (κ3) is 6.87. The molecule has 0 heterocycles. The smallest absolute Gasteiger partial charge is 0.253 e. The van der Waals surface area contributed by atoms with E-state index in [1.165, 1.54) is 18.2 Å². The fourth-order valence-electron chi connectivity index (χ4n) is 2.72. The van der Waals surface area contributed by atoms with Crippen molar-refractivity contribution >= 4 is 40.9 Å². The second-order valence-electron chi connectivity index (χ2n) is 6.54. The number of halogens is 1. The minimum atomic E-state index is -0.451. The summed E-state index contributed by atoms with van der Waals surface area (Å²) in [7, 11) is 0. The van der Waals surface area contributed by atoms with E-state index in [2.05, 4.69) is 16.0 Å². The minimum Gasteiger partial charge on any atom is -0.348 e. The monoisotopic (exact) mass is 433 g/mol. The molecule has 3 aromatic rings. The molecular formula is C24H20FN3O2S. The van der Waals surface area contributed by atoms with Crippen LogP contribution in [0.15, 0.2) is 84.9 Å². The lowest BCUT2D eigenvalue weighted by Gasteiger charge is -2.13. The molecular weight excluding hydrogens is 413 g/mol. The van der Waals surface area contributed by atoms with Gasteiger partial charge in [-0.15, -0.1) is 0 Å². The number of nitrogens with one attached hydrogen (secondary N) is 3. The van der Waals surface area contributed by atoms with Gasteiger partial charge >= 0.3 is 0 Å². The van der Waals surface area contributed by atoms with Crippen LogP contribution >= 0.6 is 12.2 Å². The Morgan fingerprint density at radius 1 is 0.903 bits per heavy atom. The van der Waals surface area contributed by atoms with E-state index in [9.17, 15) is 14.0 Å². The van der Waals surface area contributed by atoms with Crippen molar-refractivity contribution < 1.29 is 14.0 Å². The average Bonchev–Trinajstić information content (AvgIpc) is 2.78. The third-order valence-corrected chi connectivity index (χ3v) is 4.45. The van der Waals surface area contributed by atoms with E-state index in [0.717, 1.165) is 5.56 Å². The number of rotatable bonds is 6. The van der Waals surface area contributed by atoms with Crippen molar-refractivity contribution in [3.63, 3.8) is 0 Å². The van der Waals surface area contributed by atoms with Crippen molar-refractivity contribution in [1.82, 2.24) is 10.6 Å². The van der Waals surface area contributed by atoms with E-state index < -0.39 is 5.91 Å². The zero-order chi connectivity index (χ0) is 22.1. The topological polar surface area (TPSA) is 70.2 Å². The summed E-state index contributed by atoms with van der Waals surface area (Å²) in [5.41, 5.74) is 2.53. The maximum Gasteiger partial charge on any atom is 0.253 e. The quantitative estimate of drug-likeness (QED) is 0.401. The molecule has 0 saturated carbocycles. The van der Waals surface area contributed by atoms with E-state index in [4.69, 9.17) is 12.2 Å². The molecule has 5 nitrogen and oxygen atoms in total. The maximum atomic E-state index is 12.9. The predicted molar refractivity (Wildman–Crippen MR) is 124 cm³/mol. The number of carbonyl (C=O) groups excluding carboxylic acids is 2. The molecule has 0 atom stereocenters. The molecule has 31 heavy (non-hydrogen) atoms. The van der Waals surface area contributed by atoms with Gasteiger partial charge in [0.15, 0.2) is 5.11 Å². The molecule has 7 heteroatoms. The van der Waals surface area contributed by atoms with Crippen LogP contribution in [0.25, 0.3) is 6.08 Å². The van der Waals surface area contributed by atoms with Gasteiger partial charge in [-0.25, -0.2) is 4.39 Å². The standard InChI is InChI=1S/C24H20FN3O2S/c25-19-13-10-17(11-14-19)12-15-22(29)28-24(31)27-21-9-5-4-8-20(21)23(30)26-16-18-6-2-1-3-7-18/h1-15H,16H2,(H,26,30)(H2,27,28,29,31)/b15-12+. The van der Waals surface area contributed by atoms with E-state index >= 15 is 0 Å². The first kappa shape index (κ1) is 21.9. The van der Waals surface area contributed by atoms with Crippen molar-refractivity contribution in [2.75, 3.05) is 5.32 Å². The Morgan fingerprint density at radius 3 is 2.32 bits per heavy atom. The molecule has 3 rings (SSSR count). The van der Waals surface area contributed by atoms with E-state index in [1.807, 2.05) is 30.3 Å². The Labute approximate surface area is 185 Å². The Morgan fingerprint density at radius 2 is 1.58 bits per heavy atom. The van der Waals surface area contributed by atoms with Crippen LogP contribution in [-0.4, -0.2) is 16.9 Å². The Hall–Kier alpha value is -3.84. The molecule has 3 N–H and O–H groups in total. The number of anilines is 1. The van der Waals surface area contributed by atoms with Gasteiger partial charge in [-0.05, 0) is 53.7 Å². The zero-order valence-electron chi connectivity index (χ0n) is 16.5. The summed E-state index contributed by atoms with van der Waals surface area (Å²) in [4.78, 5) is 24.7. The molecule has 0 aliphatic rings. The first-order chi connectivity index (χ1) is 15.0. The van der Waals surface area contributed by atoms with Crippen LogP contribution in [0.5, 0.6) is 0 Å². The molecule has 0 saturated heterocycles. The Balaban J connectivity index is 1.57. The van der Waals surface area contributed by atoms with Gasteiger partial charge in [0.25, 0.3) is 5.91 Å². The predicted octanol–water partition coefficient (Wildman–Crippen LogP) is 4.28. The highest BCUT2D eigenvalue weighted by atomic mass is 32.1. The molecule has 0 unspecified atom stereocenters. The second kappa shape index (κ2) is 10.8. The maximum absolute atomic E-state index is 12.9. The fourth-order valence-corrected chi connectivity index (χ4v) is 2.93. The molecule has 0 aliphatic carbocycles. The minimum absolute atomic E-state index is 0.0528. The van der Waals surface area contributed by atoms with Crippen LogP contribution in [0.3, 0.4) is 0 Å². The highest BCUT2D eigenvalue weighted by Gasteiger charge is 2.12. The van der Waals surface area contributed by atoms with Gasteiger partial charge in [0.05, 0.1) is 11.3 Å². The molecule has 2 amide bonds. The highest BCUT2D eigenvalue weighted by Crippen LogP contribution is 2.15. The van der Waals surface area contributed by atoms with Crippen LogP contribution < -0.4 is 16.0 Å². The number of hydrogen-bond acceptors (Lipinski definition) is 3. The number of para-hydroxylation sites is 1. The first-order valence-corrected chi connectivity index (χ1v) is 9.89. The number of thiocarbonyl (C=S) groups is 1. The van der Waals surface area contributed by atoms with E-state index in [-0.39, 0.29) is 16.8 Å². The van der Waals surface area contributed by atoms with Gasteiger partial charge in [-0.2, -0.15) is 0 Å². The van der Waals surface area contributed by atoms with Crippen LogP contribution in [0.2, 0.25) is 0 Å². The van der Waals surface area contributed by atoms with Gasteiger partial charge in [-0.3, -0.25) is 14.9 Å². The van der Waals surface area contributed by atoms with Crippen molar-refractivity contribution in [3.05, 3.63) is 107 Å². The summed E-state index contributed by atoms with van der Waals surface area (Å²) < 4.78 is 12.9. The van der Waals surface area contributed by atoms with Gasteiger partial charge in [0, 0.05) is 12.6 Å². The largest absolute Gasteiger partial charge is 0.348 e. The number of benzene rings is 3. The molecule has 0 radical (unpaired) electrons. The van der Waals surface area contributed by atoms with Gasteiger partial charge in [0.2, 0.25) is 5.91 Å². The summed E-state index contributed by atoms with van der Waals surface area (Å²) in [6.07, 6.45) is 2.84. The average molecular weight is 434 g/mol. The summed E-state index contributed by atoms with van der Waals surface area (Å²) >= 11 is 5.19. The normalized spacial score (nSPS) is 10.5. The number of amides is 2. The lowest BCUT2D eigenvalue weighted by molar-refractivity contribution is -0.115. The third-order valence-electron chi connectivity index (χ3n) is 4.25. The van der Waals surface area contributed by atoms with E-state index in [0.29, 0.717) is 23.4 Å². The lowest BCUT2D eigenvalue weighted by atomic mass is 10.1. The Bertz CT molecular complexity index is 1100. The van der Waals surface area contributed by atoms with Crippen LogP contribution in [0, 0.1) is 5.82 Å². The molecule has 0 bridgehead atoms. The molecule has 156 valence electrons. The Kier molecular flexibility index (Phi) is 7.61. The van der Waals surface area contributed by atoms with Crippen LogP contribution in [0.4, 0.5) is 10.1 Å². The summed E-state index contributed by atoms with van der Waals surface area (Å²) in [6, 6.07) is 22.2. The molecule has 0 aromatic heterocycles. The van der Waals surface area contributed by atoms with Crippen molar-refractivity contribution in [2.45, 2.75) is 6.54 Å². The van der Waals surface area contributed by atoms with Crippen molar-refractivity contribution in [1.29, 1.82) is 0 Å². The van der Waals surface area contributed by atoms with Crippen molar-refractivity contribution in [2.24, 2.45) is 0 Å². The molecule has 0 aliphatic heterocycles. The summed E-state index contributed by atoms with van der Waals surface area (Å²) in [5.74, 6) is -1.07. The first-order valence-electron chi connectivity index (χ1n) is 9.48. The highest BCUT2D eigenvalue weighted by molar-refractivity contribution is 7.80. The molecule has 0 spiro atoms. The fraction of sp³-hybridized carbons (Fsp3) is 0.0417. The van der Waals surface area contributed by atoms with Crippen LogP contribution in [-0.2, 0) is 11.3 Å². The summed E-state index contributed by atoms with van der Waals surface area (Å²) in [6.45, 7) is 0.392. The second-order valence-corrected chi connectivity index (χ2v) is 6.95. The number of carbonyl (C=O) groups is 2. The molecule has 0 fully saturated rings. The van der Waals surface area contributed by atoms with Gasteiger partial charge in [-0.1, -0.05) is 54.6 Å². The van der Waals surface area contributed by atoms with Crippen molar-refractivity contribution in [3.8, 4) is 0 Å². The SMILES string of the molecule is O=C(/C=C/c1ccc(F)cc1)NC(=S)Nc1ccccc1C(=O)NCc1ccccc1.